The first kappa shape index (κ1) is 17.5. The molecule has 7 heteroatoms. The van der Waals surface area contributed by atoms with Crippen molar-refractivity contribution in [2.75, 3.05) is 0 Å². The Hall–Kier alpha value is -0.590. The number of rotatable bonds is 5. The number of halogens is 2. The highest BCUT2D eigenvalue weighted by atomic mass is 79.9. The normalized spacial score (nSPS) is 13.1. The van der Waals surface area contributed by atoms with Crippen molar-refractivity contribution in [2.45, 2.75) is 44.6 Å². The molecule has 1 rings (SSSR count). The van der Waals surface area contributed by atoms with Crippen LogP contribution in [0.3, 0.4) is 0 Å². The van der Waals surface area contributed by atoms with Crippen LogP contribution >= 0.6 is 26.6 Å². The molecule has 0 spiro atoms. The molecule has 112 valence electrons. The lowest BCUT2D eigenvalue weighted by atomic mass is 10.1. The van der Waals surface area contributed by atoms with Gasteiger partial charge in [-0.3, -0.25) is 0 Å². The smallest absolute Gasteiger partial charge is 0.338 e. The van der Waals surface area contributed by atoms with E-state index in [1.165, 1.54) is 12.1 Å². The van der Waals surface area contributed by atoms with Gasteiger partial charge < -0.3 is 4.74 Å². The second-order valence-electron chi connectivity index (χ2n) is 4.52. The van der Waals surface area contributed by atoms with Crippen molar-refractivity contribution in [1.82, 2.24) is 0 Å². The first-order valence-electron chi connectivity index (χ1n) is 6.12. The van der Waals surface area contributed by atoms with Gasteiger partial charge >= 0.3 is 5.97 Å². The monoisotopic (exact) mass is 382 g/mol. The van der Waals surface area contributed by atoms with E-state index in [-0.39, 0.29) is 16.6 Å². The minimum atomic E-state index is -3.92. The zero-order valence-electron chi connectivity index (χ0n) is 11.4. The molecule has 0 radical (unpaired) electrons. The molecule has 1 atom stereocenters. The quantitative estimate of drug-likeness (QED) is 0.569. The molecule has 0 bridgehead atoms. The summed E-state index contributed by atoms with van der Waals surface area (Å²) in [5.41, 5.74) is 0.614. The van der Waals surface area contributed by atoms with Gasteiger partial charge in [0.05, 0.1) is 16.6 Å². The number of carbonyl (C=O) groups is 1. The van der Waals surface area contributed by atoms with Crippen molar-refractivity contribution in [3.05, 3.63) is 27.7 Å². The van der Waals surface area contributed by atoms with E-state index in [4.69, 9.17) is 15.4 Å². The first-order chi connectivity index (χ1) is 9.16. The van der Waals surface area contributed by atoms with Crippen molar-refractivity contribution in [2.24, 2.45) is 0 Å². The molecule has 0 aromatic heterocycles. The lowest BCUT2D eigenvalue weighted by molar-refractivity contribution is 0.0323. The third kappa shape index (κ3) is 4.46. The van der Waals surface area contributed by atoms with Crippen LogP contribution in [-0.4, -0.2) is 20.5 Å². The van der Waals surface area contributed by atoms with Crippen molar-refractivity contribution in [3.8, 4) is 0 Å². The predicted molar refractivity (Wildman–Crippen MR) is 81.7 cm³/mol. The van der Waals surface area contributed by atoms with E-state index in [2.05, 4.69) is 15.9 Å². The fourth-order valence-corrected chi connectivity index (χ4v) is 3.56. The lowest BCUT2D eigenvalue weighted by Crippen LogP contribution is -2.15. The molecule has 1 aromatic carbocycles. The van der Waals surface area contributed by atoms with Gasteiger partial charge in [0.2, 0.25) is 0 Å². The summed E-state index contributed by atoms with van der Waals surface area (Å²) in [5, 5.41) is 0. The zero-order chi connectivity index (χ0) is 15.5. The van der Waals surface area contributed by atoms with E-state index in [9.17, 15) is 13.2 Å². The van der Waals surface area contributed by atoms with Crippen LogP contribution < -0.4 is 0 Å². The largest absolute Gasteiger partial charge is 0.459 e. The van der Waals surface area contributed by atoms with Crippen LogP contribution in [0.1, 0.15) is 42.6 Å². The van der Waals surface area contributed by atoms with Crippen LogP contribution in [0.4, 0.5) is 0 Å². The van der Waals surface area contributed by atoms with Gasteiger partial charge in [-0.15, -0.1) is 0 Å². The van der Waals surface area contributed by atoms with E-state index in [0.29, 0.717) is 10.0 Å². The molecule has 0 amide bonds. The first-order valence-corrected chi connectivity index (χ1v) is 9.22. The maximum atomic E-state index is 12.0. The Morgan fingerprint density at radius 1 is 1.45 bits per heavy atom. The van der Waals surface area contributed by atoms with E-state index < -0.39 is 15.0 Å². The third-order valence-electron chi connectivity index (χ3n) is 2.80. The summed E-state index contributed by atoms with van der Waals surface area (Å²) in [5.74, 6) is -0.562. The van der Waals surface area contributed by atoms with Crippen molar-refractivity contribution in [3.63, 3.8) is 0 Å². The molecule has 1 unspecified atom stereocenters. The summed E-state index contributed by atoms with van der Waals surface area (Å²) in [6, 6.07) is 2.77. The van der Waals surface area contributed by atoms with Gasteiger partial charge in [-0.1, -0.05) is 29.3 Å². The number of ether oxygens (including phenoxy) is 1. The van der Waals surface area contributed by atoms with Crippen LogP contribution in [-0.2, 0) is 13.8 Å². The summed E-state index contributed by atoms with van der Waals surface area (Å²) >= 11 is 3.22. The molecule has 0 heterocycles. The van der Waals surface area contributed by atoms with Crippen molar-refractivity contribution in [1.29, 1.82) is 0 Å². The molecule has 1 aromatic rings. The molecule has 0 saturated carbocycles. The van der Waals surface area contributed by atoms with Gasteiger partial charge in [-0.05, 0) is 38.0 Å². The Labute approximate surface area is 132 Å². The van der Waals surface area contributed by atoms with Crippen LogP contribution in [0.25, 0.3) is 0 Å². The van der Waals surface area contributed by atoms with E-state index in [1.54, 1.807) is 13.8 Å². The number of esters is 1. The van der Waals surface area contributed by atoms with Gasteiger partial charge in [-0.2, -0.15) is 0 Å². The van der Waals surface area contributed by atoms with Crippen LogP contribution in [0.15, 0.2) is 21.5 Å². The maximum Gasteiger partial charge on any atom is 0.338 e. The summed E-state index contributed by atoms with van der Waals surface area (Å²) in [7, 11) is 1.45. The lowest BCUT2D eigenvalue weighted by Gasteiger charge is -2.13. The summed E-state index contributed by atoms with van der Waals surface area (Å²) in [6.07, 6.45) is 1.43. The minimum Gasteiger partial charge on any atom is -0.459 e. The average Bonchev–Trinajstić information content (AvgIpc) is 2.30. The molecule has 20 heavy (non-hydrogen) atoms. The topological polar surface area (TPSA) is 60.4 Å². The van der Waals surface area contributed by atoms with Gasteiger partial charge in [-0.25, -0.2) is 13.2 Å². The molecule has 4 nitrogen and oxygen atoms in total. The summed E-state index contributed by atoms with van der Waals surface area (Å²) < 4.78 is 28.7. The second-order valence-corrected chi connectivity index (χ2v) is 7.91. The Kier molecular flexibility index (Phi) is 6.04. The van der Waals surface area contributed by atoms with Crippen LogP contribution in [0.2, 0.25) is 0 Å². The molecule has 0 N–H and O–H groups in total. The molecule has 0 aliphatic carbocycles. The van der Waals surface area contributed by atoms with Gasteiger partial charge in [0, 0.05) is 15.2 Å². The fraction of sp³-hybridized carbons (Fsp3) is 0.462. The molecular weight excluding hydrogens is 368 g/mol. The zero-order valence-corrected chi connectivity index (χ0v) is 14.6. The Morgan fingerprint density at radius 2 is 2.05 bits per heavy atom. The summed E-state index contributed by atoms with van der Waals surface area (Å²) in [4.78, 5) is 11.9. The molecule has 0 aliphatic rings. The number of benzene rings is 1. The number of hydrogen-bond acceptors (Lipinski definition) is 4. The summed E-state index contributed by atoms with van der Waals surface area (Å²) in [6.45, 7) is 5.39. The van der Waals surface area contributed by atoms with Gasteiger partial charge in [0.1, 0.15) is 0 Å². The highest BCUT2D eigenvalue weighted by Crippen LogP contribution is 2.28. The fourth-order valence-electron chi connectivity index (χ4n) is 1.74. The Balaban J connectivity index is 3.15. The Morgan fingerprint density at radius 3 is 2.55 bits per heavy atom. The minimum absolute atomic E-state index is 0.0939. The number of carbonyl (C=O) groups excluding carboxylic acids is 1. The van der Waals surface area contributed by atoms with E-state index in [1.807, 2.05) is 6.92 Å². The average molecular weight is 384 g/mol. The molecular formula is C13H16BrClO4S. The predicted octanol–water partition coefficient (Wildman–Crippen LogP) is 4.03. The van der Waals surface area contributed by atoms with Crippen LogP contribution in [0.5, 0.6) is 0 Å². The maximum absolute atomic E-state index is 12.0. The second kappa shape index (κ2) is 6.91. The SMILES string of the molecule is CCCC(C)OC(=O)c1cc(Br)c(C)c(S(=O)(=O)Cl)c1. The molecule has 0 fully saturated rings. The van der Waals surface area contributed by atoms with Crippen molar-refractivity contribution >= 4 is 41.6 Å². The van der Waals surface area contributed by atoms with E-state index in [0.717, 1.165) is 12.8 Å². The third-order valence-corrected chi connectivity index (χ3v) is 5.07. The van der Waals surface area contributed by atoms with Crippen LogP contribution in [0, 0.1) is 6.92 Å². The highest BCUT2D eigenvalue weighted by Gasteiger charge is 2.20. The Bertz CT molecular complexity index is 613. The molecule has 0 saturated heterocycles. The van der Waals surface area contributed by atoms with Gasteiger partial charge in [0.25, 0.3) is 9.05 Å². The standard InChI is InChI=1S/C13H16BrClO4S/c1-4-5-8(2)19-13(16)10-6-11(14)9(3)12(7-10)20(15,17)18/h6-8H,4-5H2,1-3H3. The molecule has 0 aliphatic heterocycles. The van der Waals surface area contributed by atoms with Crippen molar-refractivity contribution < 1.29 is 17.9 Å². The highest BCUT2D eigenvalue weighted by molar-refractivity contribution is 9.10. The van der Waals surface area contributed by atoms with E-state index >= 15 is 0 Å². The number of hydrogen-bond donors (Lipinski definition) is 0. The van der Waals surface area contributed by atoms with Gasteiger partial charge in [0.15, 0.2) is 0 Å².